The molecule has 0 spiro atoms. The first-order valence-electron chi connectivity index (χ1n) is 6.88. The molecule has 1 heterocycles. The minimum absolute atomic E-state index is 0.571. The highest BCUT2D eigenvalue weighted by Crippen LogP contribution is 2.20. The van der Waals surface area contributed by atoms with E-state index in [9.17, 15) is 0 Å². The van der Waals surface area contributed by atoms with E-state index < -0.39 is 0 Å². The second-order valence-electron chi connectivity index (χ2n) is 4.82. The lowest BCUT2D eigenvalue weighted by Crippen LogP contribution is -1.95. The van der Waals surface area contributed by atoms with E-state index in [-0.39, 0.29) is 0 Å². The van der Waals surface area contributed by atoms with E-state index in [0.717, 1.165) is 28.4 Å². The summed E-state index contributed by atoms with van der Waals surface area (Å²) < 4.78 is 5.77. The molecule has 0 N–H and O–H groups in total. The smallest absolute Gasteiger partial charge is 0.159 e. The van der Waals surface area contributed by atoms with Crippen LogP contribution in [0.25, 0.3) is 11.4 Å². The molecule has 0 saturated carbocycles. The Balaban J connectivity index is 1.69. The standard InChI is InChI=1S/C18H16N2O/c1-14-11-12-19-18(20-14)16-7-9-17(10-8-16)21-13-15-5-3-2-4-6-15/h2-12H,13H2,1H3. The Kier molecular flexibility index (Phi) is 3.92. The molecule has 2 aromatic carbocycles. The number of hydrogen-bond acceptors (Lipinski definition) is 3. The summed E-state index contributed by atoms with van der Waals surface area (Å²) in [6.07, 6.45) is 1.78. The van der Waals surface area contributed by atoms with Crippen molar-refractivity contribution in [3.63, 3.8) is 0 Å². The van der Waals surface area contributed by atoms with Crippen molar-refractivity contribution in [3.8, 4) is 17.1 Å². The van der Waals surface area contributed by atoms with E-state index in [0.29, 0.717) is 6.61 Å². The molecule has 3 heteroatoms. The van der Waals surface area contributed by atoms with Gasteiger partial charge in [0, 0.05) is 17.5 Å². The van der Waals surface area contributed by atoms with Gasteiger partial charge in [-0.25, -0.2) is 9.97 Å². The monoisotopic (exact) mass is 276 g/mol. The Labute approximate surface area is 124 Å². The fourth-order valence-electron chi connectivity index (χ4n) is 2.03. The molecular formula is C18H16N2O. The fourth-order valence-corrected chi connectivity index (χ4v) is 2.03. The topological polar surface area (TPSA) is 35.0 Å². The van der Waals surface area contributed by atoms with E-state index in [1.54, 1.807) is 6.20 Å². The van der Waals surface area contributed by atoms with E-state index >= 15 is 0 Å². The molecule has 0 aliphatic heterocycles. The molecule has 0 fully saturated rings. The third kappa shape index (κ3) is 3.45. The number of hydrogen-bond donors (Lipinski definition) is 0. The van der Waals surface area contributed by atoms with Gasteiger partial charge in [-0.05, 0) is 42.8 Å². The van der Waals surface area contributed by atoms with Crippen molar-refractivity contribution < 1.29 is 4.74 Å². The van der Waals surface area contributed by atoms with Gasteiger partial charge in [0.25, 0.3) is 0 Å². The second kappa shape index (κ2) is 6.18. The molecule has 0 bridgehead atoms. The van der Waals surface area contributed by atoms with Gasteiger partial charge in [0.15, 0.2) is 5.82 Å². The highest BCUT2D eigenvalue weighted by molar-refractivity contribution is 5.56. The molecule has 0 aliphatic rings. The largest absolute Gasteiger partial charge is 0.489 e. The molecule has 0 saturated heterocycles. The fraction of sp³-hybridized carbons (Fsp3) is 0.111. The Morgan fingerprint density at radius 3 is 2.38 bits per heavy atom. The maximum Gasteiger partial charge on any atom is 0.159 e. The van der Waals surface area contributed by atoms with Gasteiger partial charge in [0.1, 0.15) is 12.4 Å². The molecule has 3 nitrogen and oxygen atoms in total. The van der Waals surface area contributed by atoms with Gasteiger partial charge >= 0.3 is 0 Å². The maximum absolute atomic E-state index is 5.77. The second-order valence-corrected chi connectivity index (χ2v) is 4.82. The van der Waals surface area contributed by atoms with Gasteiger partial charge in [0.05, 0.1) is 0 Å². The number of aromatic nitrogens is 2. The van der Waals surface area contributed by atoms with Crippen LogP contribution in [0, 0.1) is 6.92 Å². The van der Waals surface area contributed by atoms with Crippen molar-refractivity contribution in [2.24, 2.45) is 0 Å². The molecule has 0 atom stereocenters. The lowest BCUT2D eigenvalue weighted by molar-refractivity contribution is 0.306. The Hall–Kier alpha value is -2.68. The summed E-state index contributed by atoms with van der Waals surface area (Å²) in [4.78, 5) is 8.70. The average Bonchev–Trinajstić information content (AvgIpc) is 2.54. The summed E-state index contributed by atoms with van der Waals surface area (Å²) in [6, 6.07) is 19.9. The highest BCUT2D eigenvalue weighted by Gasteiger charge is 2.02. The van der Waals surface area contributed by atoms with Gasteiger partial charge < -0.3 is 4.74 Å². The highest BCUT2D eigenvalue weighted by atomic mass is 16.5. The summed E-state index contributed by atoms with van der Waals surface area (Å²) in [5.41, 5.74) is 3.11. The minimum atomic E-state index is 0.571. The number of ether oxygens (including phenoxy) is 1. The van der Waals surface area contributed by atoms with Gasteiger partial charge in [-0.1, -0.05) is 30.3 Å². The van der Waals surface area contributed by atoms with Crippen molar-refractivity contribution in [1.29, 1.82) is 0 Å². The first-order chi connectivity index (χ1) is 10.3. The third-order valence-electron chi connectivity index (χ3n) is 3.16. The van der Waals surface area contributed by atoms with Gasteiger partial charge in [-0.3, -0.25) is 0 Å². The molecule has 0 unspecified atom stereocenters. The minimum Gasteiger partial charge on any atom is -0.489 e. The number of aryl methyl sites for hydroxylation is 1. The Morgan fingerprint density at radius 1 is 0.905 bits per heavy atom. The molecule has 1 aromatic heterocycles. The Morgan fingerprint density at radius 2 is 1.67 bits per heavy atom. The van der Waals surface area contributed by atoms with Crippen LogP contribution in [0.3, 0.4) is 0 Å². The van der Waals surface area contributed by atoms with Crippen LogP contribution < -0.4 is 4.74 Å². The van der Waals surface area contributed by atoms with Crippen molar-refractivity contribution in [1.82, 2.24) is 9.97 Å². The summed E-state index contributed by atoms with van der Waals surface area (Å²) >= 11 is 0. The quantitative estimate of drug-likeness (QED) is 0.721. The first kappa shape index (κ1) is 13.3. The van der Waals surface area contributed by atoms with Crippen LogP contribution in [0.4, 0.5) is 0 Å². The first-order valence-corrected chi connectivity index (χ1v) is 6.88. The van der Waals surface area contributed by atoms with Crippen LogP contribution in [-0.4, -0.2) is 9.97 Å². The van der Waals surface area contributed by atoms with Gasteiger partial charge in [0.2, 0.25) is 0 Å². The van der Waals surface area contributed by atoms with Crippen molar-refractivity contribution in [2.45, 2.75) is 13.5 Å². The van der Waals surface area contributed by atoms with Gasteiger partial charge in [-0.15, -0.1) is 0 Å². The molecule has 3 aromatic rings. The maximum atomic E-state index is 5.77. The SMILES string of the molecule is Cc1ccnc(-c2ccc(OCc3ccccc3)cc2)n1. The zero-order valence-corrected chi connectivity index (χ0v) is 11.9. The van der Waals surface area contributed by atoms with E-state index in [2.05, 4.69) is 22.1 Å². The van der Waals surface area contributed by atoms with Gasteiger partial charge in [-0.2, -0.15) is 0 Å². The lowest BCUT2D eigenvalue weighted by Gasteiger charge is -2.07. The van der Waals surface area contributed by atoms with Crippen molar-refractivity contribution in [3.05, 3.63) is 78.1 Å². The van der Waals surface area contributed by atoms with Crippen LogP contribution in [0.2, 0.25) is 0 Å². The average molecular weight is 276 g/mol. The molecule has 3 rings (SSSR count). The predicted molar refractivity (Wildman–Crippen MR) is 83.0 cm³/mol. The third-order valence-corrected chi connectivity index (χ3v) is 3.16. The van der Waals surface area contributed by atoms with Crippen LogP contribution in [0.5, 0.6) is 5.75 Å². The zero-order chi connectivity index (χ0) is 14.5. The lowest BCUT2D eigenvalue weighted by atomic mass is 10.2. The van der Waals surface area contributed by atoms with Crippen LogP contribution in [0.1, 0.15) is 11.3 Å². The number of benzene rings is 2. The molecule has 0 radical (unpaired) electrons. The Bertz CT molecular complexity index is 709. The van der Waals surface area contributed by atoms with E-state index in [4.69, 9.17) is 4.74 Å². The van der Waals surface area contributed by atoms with Crippen molar-refractivity contribution in [2.75, 3.05) is 0 Å². The zero-order valence-electron chi connectivity index (χ0n) is 11.9. The number of rotatable bonds is 4. The summed E-state index contributed by atoms with van der Waals surface area (Å²) in [5, 5.41) is 0. The normalized spacial score (nSPS) is 10.3. The van der Waals surface area contributed by atoms with Crippen LogP contribution in [-0.2, 0) is 6.61 Å². The van der Waals surface area contributed by atoms with E-state index in [1.165, 1.54) is 0 Å². The summed E-state index contributed by atoms with van der Waals surface area (Å²) in [7, 11) is 0. The summed E-state index contributed by atoms with van der Waals surface area (Å²) in [5.74, 6) is 1.58. The van der Waals surface area contributed by atoms with Crippen molar-refractivity contribution >= 4 is 0 Å². The predicted octanol–water partition coefficient (Wildman–Crippen LogP) is 4.03. The van der Waals surface area contributed by atoms with E-state index in [1.807, 2.05) is 55.5 Å². The number of nitrogens with zero attached hydrogens (tertiary/aromatic N) is 2. The molecular weight excluding hydrogens is 260 g/mol. The van der Waals surface area contributed by atoms with Crippen LogP contribution in [0.15, 0.2) is 66.9 Å². The molecule has 0 aliphatic carbocycles. The van der Waals surface area contributed by atoms with Crippen LogP contribution >= 0.6 is 0 Å². The summed E-state index contributed by atoms with van der Waals surface area (Å²) in [6.45, 7) is 2.53. The molecule has 21 heavy (non-hydrogen) atoms. The molecule has 0 amide bonds. The molecule has 104 valence electrons.